The van der Waals surface area contributed by atoms with Crippen molar-refractivity contribution in [3.05, 3.63) is 35.4 Å². The molecule has 1 aromatic rings. The molecular formula is C19H26N2O4. The minimum Gasteiger partial charge on any atom is -0.481 e. The third kappa shape index (κ3) is 4.81. The molecule has 25 heavy (non-hydrogen) atoms. The quantitative estimate of drug-likeness (QED) is 0.825. The molecule has 2 rings (SSSR count). The Morgan fingerprint density at radius 1 is 1.28 bits per heavy atom. The first-order chi connectivity index (χ1) is 11.8. The molecule has 0 aliphatic carbocycles. The maximum Gasteiger partial charge on any atom is 0.308 e. The summed E-state index contributed by atoms with van der Waals surface area (Å²) in [7, 11) is 0. The molecular weight excluding hydrogens is 320 g/mol. The van der Waals surface area contributed by atoms with Crippen molar-refractivity contribution >= 4 is 17.8 Å². The number of hydrogen-bond acceptors (Lipinski definition) is 3. The van der Waals surface area contributed by atoms with Crippen molar-refractivity contribution in [2.45, 2.75) is 39.7 Å². The number of nitrogens with zero attached hydrogens (tertiary/aromatic N) is 1. The van der Waals surface area contributed by atoms with Crippen LogP contribution in [-0.4, -0.2) is 46.9 Å². The smallest absolute Gasteiger partial charge is 0.308 e. The van der Waals surface area contributed by atoms with E-state index in [-0.39, 0.29) is 24.3 Å². The van der Waals surface area contributed by atoms with Crippen LogP contribution in [0.15, 0.2) is 24.3 Å². The molecule has 1 aliphatic rings. The lowest BCUT2D eigenvalue weighted by molar-refractivity contribution is -0.141. The summed E-state index contributed by atoms with van der Waals surface area (Å²) in [5.41, 5.74) is 1.40. The minimum atomic E-state index is -0.875. The van der Waals surface area contributed by atoms with E-state index in [9.17, 15) is 14.4 Å². The molecule has 0 saturated carbocycles. The van der Waals surface area contributed by atoms with Crippen LogP contribution in [0.25, 0.3) is 0 Å². The van der Waals surface area contributed by atoms with E-state index in [2.05, 4.69) is 5.32 Å². The number of likely N-dealkylation sites (tertiary alicyclic amines) is 1. The highest BCUT2D eigenvalue weighted by molar-refractivity contribution is 5.98. The van der Waals surface area contributed by atoms with Gasteiger partial charge in [0.25, 0.3) is 5.91 Å². The highest BCUT2D eigenvalue weighted by Gasteiger charge is 2.35. The highest BCUT2D eigenvalue weighted by Crippen LogP contribution is 2.19. The van der Waals surface area contributed by atoms with Crippen LogP contribution in [0.2, 0.25) is 0 Å². The average Bonchev–Trinajstić information content (AvgIpc) is 3.03. The molecule has 6 nitrogen and oxygen atoms in total. The molecule has 1 fully saturated rings. The molecule has 1 heterocycles. The zero-order chi connectivity index (χ0) is 18.6. The molecule has 6 heteroatoms. The SMILES string of the molecule is Cc1ccccc1C(=O)NC(CC(C)C)C(=O)N1CCC(C(=O)O)C1. The molecule has 2 unspecified atom stereocenters. The fourth-order valence-corrected chi connectivity index (χ4v) is 3.14. The Balaban J connectivity index is 2.11. The number of aryl methyl sites for hydroxylation is 1. The zero-order valence-corrected chi connectivity index (χ0v) is 15.0. The number of nitrogens with one attached hydrogen (secondary N) is 1. The maximum atomic E-state index is 12.8. The molecule has 2 atom stereocenters. The van der Waals surface area contributed by atoms with Crippen LogP contribution in [0.1, 0.15) is 42.6 Å². The van der Waals surface area contributed by atoms with E-state index in [0.717, 1.165) is 5.56 Å². The Bertz CT molecular complexity index is 657. The molecule has 0 aromatic heterocycles. The lowest BCUT2D eigenvalue weighted by Crippen LogP contribution is -2.48. The summed E-state index contributed by atoms with van der Waals surface area (Å²) in [6, 6.07) is 6.60. The van der Waals surface area contributed by atoms with Crippen molar-refractivity contribution < 1.29 is 19.5 Å². The van der Waals surface area contributed by atoms with Crippen LogP contribution in [0.3, 0.4) is 0 Å². The van der Waals surface area contributed by atoms with Crippen LogP contribution >= 0.6 is 0 Å². The standard InChI is InChI=1S/C19H26N2O4/c1-12(2)10-16(18(23)21-9-8-14(11-21)19(24)25)20-17(22)15-7-5-4-6-13(15)3/h4-7,12,14,16H,8-11H2,1-3H3,(H,20,22)(H,24,25). The Labute approximate surface area is 148 Å². The van der Waals surface area contributed by atoms with Crippen molar-refractivity contribution in [2.24, 2.45) is 11.8 Å². The summed E-state index contributed by atoms with van der Waals surface area (Å²) >= 11 is 0. The van der Waals surface area contributed by atoms with Crippen LogP contribution in [0.5, 0.6) is 0 Å². The molecule has 1 saturated heterocycles. The lowest BCUT2D eigenvalue weighted by Gasteiger charge is -2.25. The fourth-order valence-electron chi connectivity index (χ4n) is 3.14. The lowest BCUT2D eigenvalue weighted by atomic mass is 10.0. The van der Waals surface area contributed by atoms with Gasteiger partial charge in [0.15, 0.2) is 0 Å². The first-order valence-electron chi connectivity index (χ1n) is 8.67. The second-order valence-corrected chi connectivity index (χ2v) is 7.08. The Hall–Kier alpha value is -2.37. The van der Waals surface area contributed by atoms with E-state index in [0.29, 0.717) is 24.9 Å². The Morgan fingerprint density at radius 3 is 2.52 bits per heavy atom. The monoisotopic (exact) mass is 346 g/mol. The van der Waals surface area contributed by atoms with E-state index in [1.807, 2.05) is 32.9 Å². The highest BCUT2D eigenvalue weighted by atomic mass is 16.4. The zero-order valence-electron chi connectivity index (χ0n) is 15.0. The summed E-state index contributed by atoms with van der Waals surface area (Å²) in [6.07, 6.45) is 0.978. The first-order valence-corrected chi connectivity index (χ1v) is 8.67. The van der Waals surface area contributed by atoms with E-state index in [1.165, 1.54) is 0 Å². The number of amides is 2. The van der Waals surface area contributed by atoms with Crippen LogP contribution < -0.4 is 5.32 Å². The van der Waals surface area contributed by atoms with Gasteiger partial charge in [0.2, 0.25) is 5.91 Å². The van der Waals surface area contributed by atoms with Crippen LogP contribution in [-0.2, 0) is 9.59 Å². The van der Waals surface area contributed by atoms with Gasteiger partial charge < -0.3 is 15.3 Å². The fraction of sp³-hybridized carbons (Fsp3) is 0.526. The van der Waals surface area contributed by atoms with E-state index >= 15 is 0 Å². The van der Waals surface area contributed by atoms with Gasteiger partial charge in [-0.1, -0.05) is 32.0 Å². The van der Waals surface area contributed by atoms with Gasteiger partial charge in [0, 0.05) is 18.7 Å². The first kappa shape index (κ1) is 19.0. The molecule has 0 spiro atoms. The van der Waals surface area contributed by atoms with E-state index < -0.39 is 17.9 Å². The van der Waals surface area contributed by atoms with Crippen molar-refractivity contribution in [3.63, 3.8) is 0 Å². The number of rotatable bonds is 6. The minimum absolute atomic E-state index is 0.195. The normalized spacial score (nSPS) is 18.2. The van der Waals surface area contributed by atoms with Gasteiger partial charge in [0.1, 0.15) is 6.04 Å². The second kappa shape index (κ2) is 8.14. The number of carboxylic acids is 1. The molecule has 2 amide bonds. The van der Waals surface area contributed by atoms with Crippen molar-refractivity contribution in [2.75, 3.05) is 13.1 Å². The summed E-state index contributed by atoms with van der Waals surface area (Å²) in [5, 5.41) is 12.0. The molecule has 0 bridgehead atoms. The van der Waals surface area contributed by atoms with Crippen molar-refractivity contribution in [1.29, 1.82) is 0 Å². The third-order valence-electron chi connectivity index (χ3n) is 4.55. The van der Waals surface area contributed by atoms with E-state index in [4.69, 9.17) is 5.11 Å². The van der Waals surface area contributed by atoms with Gasteiger partial charge in [-0.05, 0) is 37.3 Å². The number of aliphatic carboxylic acids is 1. The number of carbonyl (C=O) groups excluding carboxylic acids is 2. The number of carboxylic acid groups (broad SMARTS) is 1. The van der Waals surface area contributed by atoms with Gasteiger partial charge in [-0.3, -0.25) is 14.4 Å². The molecule has 0 radical (unpaired) electrons. The van der Waals surface area contributed by atoms with Crippen LogP contribution in [0, 0.1) is 18.8 Å². The Kier molecular flexibility index (Phi) is 6.17. The summed E-state index contributed by atoms with van der Waals surface area (Å²) in [5.74, 6) is -1.63. The number of hydrogen-bond donors (Lipinski definition) is 2. The van der Waals surface area contributed by atoms with Gasteiger partial charge in [-0.15, -0.1) is 0 Å². The van der Waals surface area contributed by atoms with Crippen LogP contribution in [0.4, 0.5) is 0 Å². The second-order valence-electron chi connectivity index (χ2n) is 7.08. The summed E-state index contributed by atoms with van der Waals surface area (Å²) < 4.78 is 0. The number of carbonyl (C=O) groups is 3. The van der Waals surface area contributed by atoms with Crippen molar-refractivity contribution in [3.8, 4) is 0 Å². The molecule has 1 aromatic carbocycles. The Morgan fingerprint density at radius 2 is 1.96 bits per heavy atom. The largest absolute Gasteiger partial charge is 0.481 e. The maximum absolute atomic E-state index is 12.8. The van der Waals surface area contributed by atoms with Crippen molar-refractivity contribution in [1.82, 2.24) is 10.2 Å². The molecule has 136 valence electrons. The number of benzene rings is 1. The summed E-state index contributed by atoms with van der Waals surface area (Å²) in [6.45, 7) is 6.47. The van der Waals surface area contributed by atoms with Gasteiger partial charge in [-0.2, -0.15) is 0 Å². The predicted molar refractivity (Wildman–Crippen MR) is 94.2 cm³/mol. The van der Waals surface area contributed by atoms with Gasteiger partial charge in [0.05, 0.1) is 5.92 Å². The topological polar surface area (TPSA) is 86.7 Å². The average molecular weight is 346 g/mol. The van der Waals surface area contributed by atoms with Gasteiger partial charge in [-0.25, -0.2) is 0 Å². The predicted octanol–water partition coefficient (Wildman–Crippen LogP) is 2.07. The molecule has 2 N–H and O–H groups in total. The third-order valence-corrected chi connectivity index (χ3v) is 4.55. The van der Waals surface area contributed by atoms with Gasteiger partial charge >= 0.3 is 5.97 Å². The van der Waals surface area contributed by atoms with E-state index in [1.54, 1.807) is 17.0 Å². The molecule has 1 aliphatic heterocycles. The summed E-state index contributed by atoms with van der Waals surface area (Å²) in [4.78, 5) is 38.1.